The first-order valence-corrected chi connectivity index (χ1v) is 7.78. The minimum Gasteiger partial charge on any atom is -0.206 e. The summed E-state index contributed by atoms with van der Waals surface area (Å²) in [6.07, 6.45) is 0. The molecule has 0 heterocycles. The summed E-state index contributed by atoms with van der Waals surface area (Å²) in [5.41, 5.74) is 4.85. The van der Waals surface area contributed by atoms with E-state index in [2.05, 4.69) is 44.8 Å². The van der Waals surface area contributed by atoms with Crippen LogP contribution in [0.4, 0.5) is 4.39 Å². The molecule has 3 heteroatoms. The zero-order valence-corrected chi connectivity index (χ0v) is 14.3. The van der Waals surface area contributed by atoms with E-state index in [0.29, 0.717) is 11.1 Å². The average molecular weight is 386 g/mol. The van der Waals surface area contributed by atoms with Gasteiger partial charge in [-0.2, -0.15) is 0 Å². The van der Waals surface area contributed by atoms with Crippen molar-refractivity contribution in [3.8, 4) is 0 Å². The Labute approximate surface area is 130 Å². The molecule has 100 valence electrons. The van der Waals surface area contributed by atoms with Crippen molar-refractivity contribution in [3.05, 3.63) is 68.4 Å². The second kappa shape index (κ2) is 5.76. The second-order valence-electron chi connectivity index (χ2n) is 4.79. The molecule has 0 aromatic heterocycles. The third-order valence-electron chi connectivity index (χ3n) is 3.33. The van der Waals surface area contributed by atoms with E-state index >= 15 is 0 Å². The van der Waals surface area contributed by atoms with E-state index in [9.17, 15) is 4.39 Å². The molecule has 0 saturated heterocycles. The number of rotatable bonds is 2. The van der Waals surface area contributed by atoms with Crippen molar-refractivity contribution in [1.82, 2.24) is 0 Å². The van der Waals surface area contributed by atoms with Gasteiger partial charge in [-0.15, -0.1) is 0 Å². The molecule has 0 aliphatic rings. The van der Waals surface area contributed by atoms with Gasteiger partial charge in [0.25, 0.3) is 0 Å². The van der Waals surface area contributed by atoms with E-state index in [1.165, 1.54) is 11.1 Å². The van der Waals surface area contributed by atoms with E-state index in [0.717, 1.165) is 10.0 Å². The van der Waals surface area contributed by atoms with Gasteiger partial charge in [-0.1, -0.05) is 56.1 Å². The van der Waals surface area contributed by atoms with Crippen molar-refractivity contribution >= 4 is 31.9 Å². The van der Waals surface area contributed by atoms with Gasteiger partial charge in [-0.05, 0) is 54.7 Å². The Hall–Kier alpha value is -0.670. The van der Waals surface area contributed by atoms with Gasteiger partial charge in [0.15, 0.2) is 0 Å². The van der Waals surface area contributed by atoms with Crippen LogP contribution in [0.15, 0.2) is 34.8 Å². The molecule has 1 atom stereocenters. The summed E-state index contributed by atoms with van der Waals surface area (Å²) in [6.45, 7) is 5.69. The Bertz CT molecular complexity index is 597. The van der Waals surface area contributed by atoms with Gasteiger partial charge in [0.1, 0.15) is 5.82 Å². The van der Waals surface area contributed by atoms with Crippen molar-refractivity contribution in [3.63, 3.8) is 0 Å². The smallest absolute Gasteiger partial charge is 0.129 e. The summed E-state index contributed by atoms with van der Waals surface area (Å²) in [7, 11) is 0. The summed E-state index contributed by atoms with van der Waals surface area (Å²) >= 11 is 7.28. The number of aryl methyl sites for hydroxylation is 2. The Balaban J connectivity index is 2.50. The van der Waals surface area contributed by atoms with E-state index < -0.39 is 0 Å². The molecule has 0 aliphatic heterocycles. The lowest BCUT2D eigenvalue weighted by Crippen LogP contribution is -1.99. The third-order valence-corrected chi connectivity index (χ3v) is 5.22. The maximum Gasteiger partial charge on any atom is 0.129 e. The van der Waals surface area contributed by atoms with E-state index in [-0.39, 0.29) is 10.6 Å². The minimum atomic E-state index is -0.116. The fourth-order valence-electron chi connectivity index (χ4n) is 2.20. The fourth-order valence-corrected chi connectivity index (χ4v) is 3.35. The molecule has 2 rings (SSSR count). The normalized spacial score (nSPS) is 12.5. The van der Waals surface area contributed by atoms with Gasteiger partial charge in [0.2, 0.25) is 0 Å². The highest BCUT2D eigenvalue weighted by Crippen LogP contribution is 2.36. The molecule has 2 aromatic rings. The van der Waals surface area contributed by atoms with Crippen LogP contribution in [0.5, 0.6) is 0 Å². The van der Waals surface area contributed by atoms with Gasteiger partial charge in [0, 0.05) is 4.47 Å². The van der Waals surface area contributed by atoms with Crippen LogP contribution in [-0.2, 0) is 0 Å². The van der Waals surface area contributed by atoms with Crippen LogP contribution in [-0.4, -0.2) is 0 Å². The van der Waals surface area contributed by atoms with Crippen LogP contribution in [0, 0.1) is 26.6 Å². The van der Waals surface area contributed by atoms with Crippen LogP contribution in [0.1, 0.15) is 32.6 Å². The molecule has 19 heavy (non-hydrogen) atoms. The molecule has 0 aliphatic carbocycles. The molecule has 0 radical (unpaired) electrons. The first-order valence-electron chi connectivity index (χ1n) is 6.07. The van der Waals surface area contributed by atoms with Crippen LogP contribution in [0.25, 0.3) is 0 Å². The molecular weight excluding hydrogens is 371 g/mol. The molecule has 0 saturated carbocycles. The molecule has 0 amide bonds. The van der Waals surface area contributed by atoms with Crippen molar-refractivity contribution in [2.45, 2.75) is 25.6 Å². The molecule has 0 bridgehead atoms. The second-order valence-corrected chi connectivity index (χ2v) is 6.56. The molecular formula is C16H15Br2F. The largest absolute Gasteiger partial charge is 0.206 e. The highest BCUT2D eigenvalue weighted by molar-refractivity contribution is 9.10. The van der Waals surface area contributed by atoms with Crippen LogP contribution in [0.2, 0.25) is 0 Å². The Morgan fingerprint density at radius 1 is 1.05 bits per heavy atom. The lowest BCUT2D eigenvalue weighted by Gasteiger charge is -2.16. The standard InChI is InChI=1S/C16H15Br2F/c1-9-7-12(8-10(2)16(9)19)15(18)13-5-4-6-14(17)11(13)3/h4-8,15H,1-3H3. The zero-order chi connectivity index (χ0) is 14.2. The quantitative estimate of drug-likeness (QED) is 0.556. The van der Waals surface area contributed by atoms with Crippen molar-refractivity contribution in [1.29, 1.82) is 0 Å². The first kappa shape index (κ1) is 14.7. The summed E-state index contributed by atoms with van der Waals surface area (Å²) in [6, 6.07) is 9.95. The molecule has 2 aromatic carbocycles. The number of halogens is 3. The predicted octanol–water partition coefficient (Wildman–Crippen LogP) is 6.00. The van der Waals surface area contributed by atoms with Crippen molar-refractivity contribution in [2.24, 2.45) is 0 Å². The maximum atomic E-state index is 13.7. The summed E-state index contributed by atoms with van der Waals surface area (Å²) < 4.78 is 14.8. The minimum absolute atomic E-state index is 0.0722. The van der Waals surface area contributed by atoms with Gasteiger partial charge >= 0.3 is 0 Å². The first-order chi connectivity index (χ1) is 8.91. The van der Waals surface area contributed by atoms with Gasteiger partial charge in [-0.3, -0.25) is 0 Å². The monoisotopic (exact) mass is 384 g/mol. The van der Waals surface area contributed by atoms with Gasteiger partial charge < -0.3 is 0 Å². The molecule has 0 N–H and O–H groups in total. The summed E-state index contributed by atoms with van der Waals surface area (Å²) in [4.78, 5) is 0.0722. The number of hydrogen-bond acceptors (Lipinski definition) is 0. The Kier molecular flexibility index (Phi) is 4.46. The third kappa shape index (κ3) is 2.92. The van der Waals surface area contributed by atoms with Crippen LogP contribution < -0.4 is 0 Å². The molecule has 0 spiro atoms. The van der Waals surface area contributed by atoms with Crippen LogP contribution >= 0.6 is 31.9 Å². The van der Waals surface area contributed by atoms with Gasteiger partial charge in [0.05, 0.1) is 4.83 Å². The van der Waals surface area contributed by atoms with E-state index in [4.69, 9.17) is 0 Å². The van der Waals surface area contributed by atoms with Crippen molar-refractivity contribution in [2.75, 3.05) is 0 Å². The van der Waals surface area contributed by atoms with Crippen molar-refractivity contribution < 1.29 is 4.39 Å². The predicted molar refractivity (Wildman–Crippen MR) is 85.5 cm³/mol. The van der Waals surface area contributed by atoms with Gasteiger partial charge in [-0.25, -0.2) is 4.39 Å². The SMILES string of the molecule is Cc1cc(C(Br)c2cccc(Br)c2C)cc(C)c1F. The highest BCUT2D eigenvalue weighted by atomic mass is 79.9. The topological polar surface area (TPSA) is 0 Å². The Morgan fingerprint density at radius 2 is 1.63 bits per heavy atom. The van der Waals surface area contributed by atoms with E-state index in [1.807, 2.05) is 24.3 Å². The summed E-state index contributed by atoms with van der Waals surface area (Å²) in [5, 5.41) is 0. The molecule has 0 fully saturated rings. The molecule has 0 nitrogen and oxygen atoms in total. The highest BCUT2D eigenvalue weighted by Gasteiger charge is 2.16. The fraction of sp³-hybridized carbons (Fsp3) is 0.250. The van der Waals surface area contributed by atoms with E-state index in [1.54, 1.807) is 13.8 Å². The average Bonchev–Trinajstić information content (AvgIpc) is 2.38. The number of benzene rings is 2. The molecule has 1 unspecified atom stereocenters. The van der Waals surface area contributed by atoms with Crippen LogP contribution in [0.3, 0.4) is 0 Å². The maximum absolute atomic E-state index is 13.7. The lowest BCUT2D eigenvalue weighted by atomic mass is 9.97. The number of alkyl halides is 1. The number of hydrogen-bond donors (Lipinski definition) is 0. The zero-order valence-electron chi connectivity index (χ0n) is 11.1. The summed E-state index contributed by atoms with van der Waals surface area (Å²) in [5.74, 6) is -0.116. The lowest BCUT2D eigenvalue weighted by molar-refractivity contribution is 0.608. The Morgan fingerprint density at radius 3 is 2.21 bits per heavy atom.